The zero-order valence-electron chi connectivity index (χ0n) is 14.5. The first-order valence-corrected chi connectivity index (χ1v) is 8.15. The van der Waals surface area contributed by atoms with Gasteiger partial charge in [0.25, 0.3) is 11.8 Å². The number of ether oxygens (including phenoxy) is 2. The Bertz CT molecular complexity index is 906. The number of anilines is 1. The lowest BCUT2D eigenvalue weighted by Crippen LogP contribution is -2.27. The molecule has 26 heavy (non-hydrogen) atoms. The Balaban J connectivity index is 2.05. The maximum Gasteiger partial charge on any atom is 0.277 e. The molecule has 2 aromatic rings. The number of imide groups is 1. The Morgan fingerprint density at radius 3 is 2.19 bits per heavy atom. The highest BCUT2D eigenvalue weighted by atomic mass is 35.5. The Morgan fingerprint density at radius 2 is 1.58 bits per heavy atom. The second kappa shape index (κ2) is 7.09. The fraction of sp³-hybridized carbons (Fsp3) is 0.158. The number of nitrogens with one attached hydrogen (secondary N) is 1. The molecule has 0 aromatic heterocycles. The Morgan fingerprint density at radius 1 is 0.923 bits per heavy atom. The molecule has 2 aromatic carbocycles. The van der Waals surface area contributed by atoms with Crippen LogP contribution in [0, 0.1) is 0 Å². The zero-order valence-corrected chi connectivity index (χ0v) is 15.3. The van der Waals surface area contributed by atoms with E-state index in [4.69, 9.17) is 21.1 Å². The van der Waals surface area contributed by atoms with Crippen LogP contribution in [0.2, 0.25) is 5.02 Å². The maximum absolute atomic E-state index is 12.6. The number of likely N-dealkylation sites (N-methyl/N-ethyl adjacent to an activating group) is 1. The van der Waals surface area contributed by atoms with Crippen molar-refractivity contribution < 1.29 is 19.1 Å². The highest BCUT2D eigenvalue weighted by Crippen LogP contribution is 2.33. The van der Waals surface area contributed by atoms with Crippen LogP contribution in [0.3, 0.4) is 0 Å². The van der Waals surface area contributed by atoms with Crippen LogP contribution in [-0.4, -0.2) is 38.0 Å². The minimum atomic E-state index is -0.408. The van der Waals surface area contributed by atoms with Crippen molar-refractivity contribution in [1.29, 1.82) is 0 Å². The van der Waals surface area contributed by atoms with Gasteiger partial charge < -0.3 is 14.8 Å². The minimum Gasteiger partial charge on any atom is -0.493 e. The Labute approximate surface area is 156 Å². The molecule has 0 fully saturated rings. The molecule has 0 saturated heterocycles. The van der Waals surface area contributed by atoms with Gasteiger partial charge in [0, 0.05) is 23.8 Å². The summed E-state index contributed by atoms with van der Waals surface area (Å²) in [5, 5.41) is 3.59. The van der Waals surface area contributed by atoms with Gasteiger partial charge in [-0.1, -0.05) is 23.7 Å². The predicted octanol–water partition coefficient (Wildman–Crippen LogP) is 3.18. The summed E-state index contributed by atoms with van der Waals surface area (Å²) in [7, 11) is 4.52. The Kier molecular flexibility index (Phi) is 4.86. The van der Waals surface area contributed by atoms with E-state index < -0.39 is 5.91 Å². The first-order chi connectivity index (χ1) is 12.5. The van der Waals surface area contributed by atoms with E-state index in [-0.39, 0.29) is 11.6 Å². The normalized spacial score (nSPS) is 14.1. The molecule has 6 nitrogen and oxygen atoms in total. The number of hydrogen-bond donors (Lipinski definition) is 1. The number of amides is 2. The molecule has 1 N–H and O–H groups in total. The molecule has 0 bridgehead atoms. The molecule has 0 radical (unpaired) electrons. The molecule has 7 heteroatoms. The first-order valence-electron chi connectivity index (χ1n) is 7.78. The summed E-state index contributed by atoms with van der Waals surface area (Å²) >= 11 is 5.92. The summed E-state index contributed by atoms with van der Waals surface area (Å²) in [6, 6.07) is 11.9. The topological polar surface area (TPSA) is 67.9 Å². The van der Waals surface area contributed by atoms with Crippen LogP contribution in [0.15, 0.2) is 48.2 Å². The zero-order chi connectivity index (χ0) is 18.8. The summed E-state index contributed by atoms with van der Waals surface area (Å²) in [6.45, 7) is 0. The molecule has 0 aliphatic carbocycles. The van der Waals surface area contributed by atoms with E-state index >= 15 is 0 Å². The lowest BCUT2D eigenvalue weighted by Gasteiger charge is -2.12. The van der Waals surface area contributed by atoms with E-state index in [1.807, 2.05) is 0 Å². The van der Waals surface area contributed by atoms with Crippen molar-refractivity contribution in [3.63, 3.8) is 0 Å². The smallest absolute Gasteiger partial charge is 0.277 e. The van der Waals surface area contributed by atoms with Crippen molar-refractivity contribution in [2.24, 2.45) is 0 Å². The van der Waals surface area contributed by atoms with Crippen molar-refractivity contribution in [3.8, 4) is 11.5 Å². The summed E-state index contributed by atoms with van der Waals surface area (Å²) in [5.41, 5.74) is 1.71. The molecular weight excluding hydrogens is 356 g/mol. The number of benzene rings is 2. The molecule has 0 spiro atoms. The number of hydrogen-bond acceptors (Lipinski definition) is 5. The van der Waals surface area contributed by atoms with Crippen LogP contribution in [0.5, 0.6) is 11.5 Å². The van der Waals surface area contributed by atoms with E-state index in [2.05, 4.69) is 5.32 Å². The molecule has 134 valence electrons. The van der Waals surface area contributed by atoms with Crippen molar-refractivity contribution in [2.75, 3.05) is 26.6 Å². The minimum absolute atomic E-state index is 0.201. The standard InChI is InChI=1S/C19H17ClN2O4/c1-22-18(23)16(11-4-6-12(20)7-5-11)17(19(22)24)21-13-8-9-14(25-2)15(10-13)26-3/h4-10,21H,1-3H3. The summed E-state index contributed by atoms with van der Waals surface area (Å²) < 4.78 is 10.5. The van der Waals surface area contributed by atoms with Gasteiger partial charge in [0.1, 0.15) is 5.70 Å². The number of rotatable bonds is 5. The van der Waals surface area contributed by atoms with Gasteiger partial charge in [-0.3, -0.25) is 14.5 Å². The second-order valence-corrected chi connectivity index (χ2v) is 6.06. The highest BCUT2D eigenvalue weighted by molar-refractivity contribution is 6.36. The highest BCUT2D eigenvalue weighted by Gasteiger charge is 2.36. The molecule has 0 unspecified atom stereocenters. The molecule has 1 aliphatic heterocycles. The predicted molar refractivity (Wildman–Crippen MR) is 99.3 cm³/mol. The molecule has 3 rings (SSSR count). The third-order valence-electron chi connectivity index (χ3n) is 4.07. The summed E-state index contributed by atoms with van der Waals surface area (Å²) in [4.78, 5) is 26.2. The van der Waals surface area contributed by atoms with Crippen molar-refractivity contribution in [2.45, 2.75) is 0 Å². The number of nitrogens with zero attached hydrogens (tertiary/aromatic N) is 1. The number of carbonyl (C=O) groups is 2. The molecule has 2 amide bonds. The van der Waals surface area contributed by atoms with Gasteiger partial charge in [-0.2, -0.15) is 0 Å². The van der Waals surface area contributed by atoms with Gasteiger partial charge in [0.15, 0.2) is 11.5 Å². The fourth-order valence-corrected chi connectivity index (χ4v) is 2.83. The van der Waals surface area contributed by atoms with Gasteiger partial charge >= 0.3 is 0 Å². The quantitative estimate of drug-likeness (QED) is 0.816. The summed E-state index contributed by atoms with van der Waals surface area (Å²) in [6.07, 6.45) is 0. The number of methoxy groups -OCH3 is 2. The third kappa shape index (κ3) is 3.11. The van der Waals surface area contributed by atoms with Crippen LogP contribution in [0.25, 0.3) is 5.57 Å². The van der Waals surface area contributed by atoms with E-state index in [1.54, 1.807) is 49.6 Å². The van der Waals surface area contributed by atoms with Crippen LogP contribution < -0.4 is 14.8 Å². The van der Waals surface area contributed by atoms with Crippen molar-refractivity contribution in [1.82, 2.24) is 4.90 Å². The average Bonchev–Trinajstić information content (AvgIpc) is 2.86. The lowest BCUT2D eigenvalue weighted by molar-refractivity contribution is -0.135. The lowest BCUT2D eigenvalue weighted by atomic mass is 10.0. The van der Waals surface area contributed by atoms with Crippen LogP contribution in [-0.2, 0) is 9.59 Å². The molecule has 1 aliphatic rings. The van der Waals surface area contributed by atoms with Gasteiger partial charge in [0.2, 0.25) is 0 Å². The molecule has 0 atom stereocenters. The van der Waals surface area contributed by atoms with Crippen LogP contribution in [0.4, 0.5) is 5.69 Å². The number of halogens is 1. The van der Waals surface area contributed by atoms with Crippen LogP contribution >= 0.6 is 11.6 Å². The maximum atomic E-state index is 12.6. The van der Waals surface area contributed by atoms with E-state index in [0.717, 1.165) is 4.90 Å². The van der Waals surface area contributed by atoms with E-state index in [1.165, 1.54) is 14.2 Å². The van der Waals surface area contributed by atoms with E-state index in [9.17, 15) is 9.59 Å². The monoisotopic (exact) mass is 372 g/mol. The fourth-order valence-electron chi connectivity index (χ4n) is 2.70. The Hall–Kier alpha value is -2.99. The van der Waals surface area contributed by atoms with Crippen molar-refractivity contribution >= 4 is 34.7 Å². The molecule has 1 heterocycles. The molecular formula is C19H17ClN2O4. The number of carbonyl (C=O) groups excluding carboxylic acids is 2. The van der Waals surface area contributed by atoms with Gasteiger partial charge in [-0.25, -0.2) is 0 Å². The van der Waals surface area contributed by atoms with Gasteiger partial charge in [0.05, 0.1) is 19.8 Å². The first kappa shape index (κ1) is 17.8. The second-order valence-electron chi connectivity index (χ2n) is 5.62. The van der Waals surface area contributed by atoms with E-state index in [0.29, 0.717) is 33.3 Å². The largest absolute Gasteiger partial charge is 0.493 e. The SMILES string of the molecule is COc1ccc(NC2=C(c3ccc(Cl)cc3)C(=O)N(C)C2=O)cc1OC. The average molecular weight is 373 g/mol. The summed E-state index contributed by atoms with van der Waals surface area (Å²) in [5.74, 6) is 0.294. The van der Waals surface area contributed by atoms with Gasteiger partial charge in [-0.15, -0.1) is 0 Å². The molecule has 0 saturated carbocycles. The van der Waals surface area contributed by atoms with Crippen molar-refractivity contribution in [3.05, 3.63) is 58.7 Å². The van der Waals surface area contributed by atoms with Gasteiger partial charge in [-0.05, 0) is 29.8 Å². The van der Waals surface area contributed by atoms with Crippen LogP contribution in [0.1, 0.15) is 5.56 Å². The third-order valence-corrected chi connectivity index (χ3v) is 4.32.